The first-order chi connectivity index (χ1) is 21.0. The predicted octanol–water partition coefficient (Wildman–Crippen LogP) is 3.05. The van der Waals surface area contributed by atoms with Crippen molar-refractivity contribution in [3.05, 3.63) is 83.4 Å². The van der Waals surface area contributed by atoms with Crippen LogP contribution in [0.25, 0.3) is 0 Å². The van der Waals surface area contributed by atoms with E-state index in [-0.39, 0.29) is 22.6 Å². The largest absolute Gasteiger partial charge is 0.497 e. The van der Waals surface area contributed by atoms with E-state index in [0.29, 0.717) is 57.0 Å². The summed E-state index contributed by atoms with van der Waals surface area (Å²) in [6.45, 7) is 3.64. The minimum absolute atomic E-state index is 0.0312. The van der Waals surface area contributed by atoms with Gasteiger partial charge in [0, 0.05) is 44.6 Å². The van der Waals surface area contributed by atoms with E-state index < -0.39 is 17.1 Å². The number of ether oxygens (including phenoxy) is 2. The van der Waals surface area contributed by atoms with Gasteiger partial charge in [0.05, 0.1) is 17.7 Å². The molecule has 1 fully saturated rings. The number of likely N-dealkylation sites (tertiary alicyclic amines) is 1. The second kappa shape index (κ2) is 13.2. The van der Waals surface area contributed by atoms with E-state index in [1.54, 1.807) is 36.3 Å². The molecule has 0 bridgehead atoms. The van der Waals surface area contributed by atoms with Crippen molar-refractivity contribution in [2.24, 2.45) is 5.73 Å². The highest BCUT2D eigenvalue weighted by Crippen LogP contribution is 2.30. The molecule has 0 aromatic heterocycles. The van der Waals surface area contributed by atoms with Crippen LogP contribution in [0.4, 0.5) is 5.69 Å². The molecule has 0 aliphatic carbocycles. The Bertz CT molecular complexity index is 1600. The van der Waals surface area contributed by atoms with Gasteiger partial charge >= 0.3 is 7.12 Å². The Hall–Kier alpha value is -4.27. The number of rotatable bonds is 9. The Morgan fingerprint density at radius 3 is 2.23 bits per heavy atom. The Morgan fingerprint density at radius 2 is 1.61 bits per heavy atom. The number of nitrogens with two attached hydrogens (primary N) is 1. The van der Waals surface area contributed by atoms with E-state index in [9.17, 15) is 13.4 Å². The number of nitrogens with one attached hydrogen (secondary N) is 2. The van der Waals surface area contributed by atoms with Gasteiger partial charge in [-0.2, -0.15) is 12.9 Å². The standard InChI is InChI=1S/C30H37BN6O6S/c1-31(38)43-37(24-6-3-21-13-16-36(30(33)34)20-23(21)19-24)44(39,40)28-11-9-26(10-12-28)42-27-14-17-35(18-15-27)29(32)22-4-7-25(41-2)8-5-22/h3-12,19,27,32,38H,13-18,20H2,1-2H3,(H3,33,34). The Labute approximate surface area is 258 Å². The van der Waals surface area contributed by atoms with Crippen molar-refractivity contribution in [3.63, 3.8) is 0 Å². The molecule has 3 aromatic carbocycles. The van der Waals surface area contributed by atoms with Crippen LogP contribution >= 0.6 is 0 Å². The molecule has 1 saturated heterocycles. The number of fused-ring (bicyclic) bond motifs is 1. The minimum atomic E-state index is -4.23. The normalized spacial score (nSPS) is 15.3. The van der Waals surface area contributed by atoms with Gasteiger partial charge in [0.15, 0.2) is 5.96 Å². The summed E-state index contributed by atoms with van der Waals surface area (Å²) in [5, 5.41) is 26.3. The van der Waals surface area contributed by atoms with Crippen LogP contribution in [-0.4, -0.2) is 75.0 Å². The number of hydrogen-bond donors (Lipinski definition) is 4. The van der Waals surface area contributed by atoms with Crippen LogP contribution in [0.2, 0.25) is 6.82 Å². The average Bonchev–Trinajstić information content (AvgIpc) is 3.03. The van der Waals surface area contributed by atoms with Gasteiger partial charge in [0.2, 0.25) is 0 Å². The van der Waals surface area contributed by atoms with Crippen LogP contribution in [0.15, 0.2) is 71.6 Å². The van der Waals surface area contributed by atoms with Crippen molar-refractivity contribution < 1.29 is 27.7 Å². The van der Waals surface area contributed by atoms with Crippen molar-refractivity contribution in [3.8, 4) is 11.5 Å². The molecule has 0 atom stereocenters. The summed E-state index contributed by atoms with van der Waals surface area (Å²) in [4.78, 5) is 3.69. The van der Waals surface area contributed by atoms with Crippen molar-refractivity contribution >= 4 is 34.6 Å². The molecule has 0 saturated carbocycles. The van der Waals surface area contributed by atoms with Gasteiger partial charge in [-0.25, -0.2) is 0 Å². The Morgan fingerprint density at radius 1 is 0.955 bits per heavy atom. The minimum Gasteiger partial charge on any atom is -0.497 e. The van der Waals surface area contributed by atoms with Crippen LogP contribution in [0.3, 0.4) is 0 Å². The fraction of sp³-hybridized carbons (Fsp3) is 0.333. The first kappa shape index (κ1) is 31.2. The van der Waals surface area contributed by atoms with Gasteiger partial charge in [-0.05, 0) is 85.0 Å². The summed E-state index contributed by atoms with van der Waals surface area (Å²) in [5.41, 5.74) is 8.58. The smallest absolute Gasteiger partial charge is 0.477 e. The van der Waals surface area contributed by atoms with Gasteiger partial charge in [0.25, 0.3) is 10.0 Å². The molecule has 14 heteroatoms. The second-order valence-corrected chi connectivity index (χ2v) is 12.6. The fourth-order valence-corrected chi connectivity index (χ4v) is 6.67. The SMILES string of the molecule is COc1ccc(C(=N)N2CCC(Oc3ccc(S(=O)(=O)N(OB(C)O)c4ccc5c(c4)CN(C(=N)N)CC5)cc3)CC2)cc1. The molecule has 2 aliphatic heterocycles. The van der Waals surface area contributed by atoms with Gasteiger partial charge in [0.1, 0.15) is 23.4 Å². The number of anilines is 1. The lowest BCUT2D eigenvalue weighted by atomic mass is 9.98. The van der Waals surface area contributed by atoms with E-state index in [4.69, 9.17) is 30.8 Å². The third kappa shape index (κ3) is 6.93. The summed E-state index contributed by atoms with van der Waals surface area (Å²) in [5.74, 6) is 1.69. The molecule has 12 nitrogen and oxygen atoms in total. The third-order valence-electron chi connectivity index (χ3n) is 7.77. The van der Waals surface area contributed by atoms with Crippen LogP contribution in [0.1, 0.15) is 29.5 Å². The first-order valence-electron chi connectivity index (χ1n) is 14.4. The number of piperidine rings is 1. The number of amidine groups is 1. The van der Waals surface area contributed by atoms with E-state index >= 15 is 0 Å². The molecule has 0 unspecified atom stereocenters. The van der Waals surface area contributed by atoms with E-state index in [1.807, 2.05) is 35.2 Å². The number of nitrogens with zero attached hydrogens (tertiary/aromatic N) is 3. The summed E-state index contributed by atoms with van der Waals surface area (Å²) >= 11 is 0. The van der Waals surface area contributed by atoms with Crippen molar-refractivity contribution in [1.82, 2.24) is 9.80 Å². The molecule has 2 aliphatic rings. The van der Waals surface area contributed by atoms with E-state index in [2.05, 4.69) is 0 Å². The zero-order valence-corrected chi connectivity index (χ0v) is 25.6. The lowest BCUT2D eigenvalue weighted by Crippen LogP contribution is -2.41. The molecule has 44 heavy (non-hydrogen) atoms. The van der Waals surface area contributed by atoms with E-state index in [0.717, 1.165) is 26.9 Å². The Kier molecular flexibility index (Phi) is 9.32. The molecule has 0 amide bonds. The van der Waals surface area contributed by atoms with Crippen LogP contribution in [0.5, 0.6) is 11.5 Å². The zero-order valence-electron chi connectivity index (χ0n) is 24.8. The maximum absolute atomic E-state index is 13.7. The maximum atomic E-state index is 13.7. The predicted molar refractivity (Wildman–Crippen MR) is 169 cm³/mol. The molecule has 2 heterocycles. The van der Waals surface area contributed by atoms with Crippen LogP contribution in [0, 0.1) is 10.8 Å². The number of benzene rings is 3. The van der Waals surface area contributed by atoms with Gasteiger partial charge < -0.3 is 30.0 Å². The maximum Gasteiger partial charge on any atom is 0.477 e. The zero-order chi connectivity index (χ0) is 31.4. The summed E-state index contributed by atoms with van der Waals surface area (Å²) < 4.78 is 44.9. The quantitative estimate of drug-likeness (QED) is 0.122. The van der Waals surface area contributed by atoms with E-state index in [1.165, 1.54) is 19.0 Å². The second-order valence-electron chi connectivity index (χ2n) is 10.8. The van der Waals surface area contributed by atoms with Crippen molar-refractivity contribution in [2.75, 3.05) is 31.2 Å². The summed E-state index contributed by atoms with van der Waals surface area (Å²) in [6.07, 6.45) is 2.03. The topological polar surface area (TPSA) is 166 Å². The highest BCUT2D eigenvalue weighted by Gasteiger charge is 2.30. The van der Waals surface area contributed by atoms with Crippen LogP contribution < -0.4 is 19.7 Å². The number of hydrogen-bond acceptors (Lipinski definition) is 8. The molecular formula is C30H37BN6O6S. The summed E-state index contributed by atoms with van der Waals surface area (Å²) in [6, 6.07) is 18.7. The summed E-state index contributed by atoms with van der Waals surface area (Å²) in [7, 11) is -4.01. The van der Waals surface area contributed by atoms with Crippen LogP contribution in [-0.2, 0) is 27.7 Å². The van der Waals surface area contributed by atoms with Gasteiger partial charge in [-0.3, -0.25) is 15.6 Å². The third-order valence-corrected chi connectivity index (χ3v) is 9.37. The Balaban J connectivity index is 1.24. The number of sulfonamides is 1. The highest BCUT2D eigenvalue weighted by atomic mass is 32.2. The molecule has 3 aromatic rings. The van der Waals surface area contributed by atoms with Crippen molar-refractivity contribution in [1.29, 1.82) is 10.8 Å². The molecule has 5 N–H and O–H groups in total. The molecule has 0 radical (unpaired) electrons. The average molecular weight is 621 g/mol. The molecule has 232 valence electrons. The number of methoxy groups -OCH3 is 1. The van der Waals surface area contributed by atoms with Crippen molar-refractivity contribution in [2.45, 2.75) is 43.6 Å². The monoisotopic (exact) mass is 620 g/mol. The number of guanidine groups is 1. The fourth-order valence-electron chi connectivity index (χ4n) is 5.36. The molecule has 0 spiro atoms. The lowest BCUT2D eigenvalue weighted by molar-refractivity contribution is 0.131. The molecule has 5 rings (SSSR count). The highest BCUT2D eigenvalue weighted by molar-refractivity contribution is 7.92. The van der Waals surface area contributed by atoms with Gasteiger partial charge in [-0.15, -0.1) is 0 Å². The molecular weight excluding hydrogens is 583 g/mol. The van der Waals surface area contributed by atoms with Gasteiger partial charge in [-0.1, -0.05) is 6.07 Å². The lowest BCUT2D eigenvalue weighted by Gasteiger charge is -2.34. The first-order valence-corrected chi connectivity index (χ1v) is 15.8.